The minimum Gasteiger partial charge on any atom is -0.487 e. The van der Waals surface area contributed by atoms with Crippen LogP contribution in [0.4, 0.5) is 29.6 Å². The number of methoxy groups -OCH3 is 1. The standard InChI is InChI=1S/C22H23F3N6O3/c1-33-21(32)31-7-8-34-19-16(31)5-4-13-14(10-27-18(13)19)17-15(22(23,24)25)11-28-20(30-17)29-12-3-2-6-26-9-12/h4-5,10-12,26-27H,2-3,6-9H2,1H3,(H,28,29,30)/t12-/m0/s1. The van der Waals surface area contributed by atoms with Crippen molar-refractivity contribution in [2.45, 2.75) is 25.1 Å². The molecule has 1 fully saturated rings. The lowest BCUT2D eigenvalue weighted by Crippen LogP contribution is -2.38. The Morgan fingerprint density at radius 3 is 2.94 bits per heavy atom. The smallest absolute Gasteiger partial charge is 0.419 e. The molecule has 1 aromatic carbocycles. The number of hydrogen-bond acceptors (Lipinski definition) is 7. The predicted octanol–water partition coefficient (Wildman–Crippen LogP) is 3.77. The Labute approximate surface area is 192 Å². The van der Waals surface area contributed by atoms with Gasteiger partial charge in [-0.1, -0.05) is 0 Å². The number of amides is 1. The number of aromatic amines is 1. The van der Waals surface area contributed by atoms with Crippen molar-refractivity contribution in [2.24, 2.45) is 0 Å². The quantitative estimate of drug-likeness (QED) is 0.529. The zero-order chi connectivity index (χ0) is 23.9. The lowest BCUT2D eigenvalue weighted by Gasteiger charge is -2.28. The molecule has 34 heavy (non-hydrogen) atoms. The Hall–Kier alpha value is -3.54. The van der Waals surface area contributed by atoms with E-state index in [4.69, 9.17) is 9.47 Å². The number of fused-ring (bicyclic) bond motifs is 3. The first kappa shape index (κ1) is 22.3. The fraction of sp³-hybridized carbons (Fsp3) is 0.409. The van der Waals surface area contributed by atoms with Gasteiger partial charge in [-0.15, -0.1) is 0 Å². The molecule has 2 aliphatic heterocycles. The molecule has 0 radical (unpaired) electrons. The summed E-state index contributed by atoms with van der Waals surface area (Å²) in [6.45, 7) is 2.12. The van der Waals surface area contributed by atoms with Crippen LogP contribution < -0.4 is 20.3 Å². The van der Waals surface area contributed by atoms with E-state index in [0.717, 1.165) is 25.6 Å². The number of ether oxygens (including phenoxy) is 2. The number of carbonyl (C=O) groups is 1. The third kappa shape index (κ3) is 3.98. The van der Waals surface area contributed by atoms with Crippen LogP contribution in [0, 0.1) is 0 Å². The van der Waals surface area contributed by atoms with E-state index in [9.17, 15) is 18.0 Å². The Bertz CT molecular complexity index is 1220. The van der Waals surface area contributed by atoms with Crippen molar-refractivity contribution in [3.8, 4) is 17.0 Å². The molecule has 4 heterocycles. The molecule has 0 bridgehead atoms. The van der Waals surface area contributed by atoms with E-state index in [1.165, 1.54) is 18.2 Å². The van der Waals surface area contributed by atoms with Gasteiger partial charge in [0.05, 0.1) is 30.6 Å². The molecule has 9 nitrogen and oxygen atoms in total. The van der Waals surface area contributed by atoms with Crippen molar-refractivity contribution in [2.75, 3.05) is 43.6 Å². The molecule has 5 rings (SSSR count). The summed E-state index contributed by atoms with van der Waals surface area (Å²) in [5, 5.41) is 6.87. The molecule has 180 valence electrons. The van der Waals surface area contributed by atoms with Gasteiger partial charge in [-0.05, 0) is 31.5 Å². The van der Waals surface area contributed by atoms with Crippen molar-refractivity contribution in [1.82, 2.24) is 20.3 Å². The highest BCUT2D eigenvalue weighted by molar-refractivity contribution is 6.04. The van der Waals surface area contributed by atoms with Gasteiger partial charge in [-0.3, -0.25) is 4.90 Å². The second kappa shape index (κ2) is 8.67. The summed E-state index contributed by atoms with van der Waals surface area (Å²) in [6.07, 6.45) is -1.07. The number of nitrogens with zero attached hydrogens (tertiary/aromatic N) is 3. The second-order valence-corrected chi connectivity index (χ2v) is 8.15. The summed E-state index contributed by atoms with van der Waals surface area (Å²) in [5.41, 5.74) is 0.0380. The van der Waals surface area contributed by atoms with Gasteiger partial charge < -0.3 is 25.1 Å². The topological polar surface area (TPSA) is 104 Å². The molecule has 1 amide bonds. The van der Waals surface area contributed by atoms with Crippen LogP contribution >= 0.6 is 0 Å². The molecule has 2 aliphatic rings. The average molecular weight is 476 g/mol. The zero-order valence-electron chi connectivity index (χ0n) is 18.3. The Kier molecular flexibility index (Phi) is 5.68. The van der Waals surface area contributed by atoms with Crippen molar-refractivity contribution in [3.63, 3.8) is 0 Å². The first-order valence-electron chi connectivity index (χ1n) is 10.9. The van der Waals surface area contributed by atoms with E-state index in [1.807, 2.05) is 0 Å². The van der Waals surface area contributed by atoms with Crippen LogP contribution in [0.2, 0.25) is 0 Å². The first-order chi connectivity index (χ1) is 16.4. The van der Waals surface area contributed by atoms with Crippen molar-refractivity contribution in [3.05, 3.63) is 30.1 Å². The number of aromatic nitrogens is 3. The van der Waals surface area contributed by atoms with Gasteiger partial charge in [0.25, 0.3) is 0 Å². The average Bonchev–Trinajstić information content (AvgIpc) is 3.27. The number of piperidine rings is 1. The van der Waals surface area contributed by atoms with E-state index in [-0.39, 0.29) is 29.9 Å². The number of benzene rings is 1. The van der Waals surface area contributed by atoms with Gasteiger partial charge in [0.15, 0.2) is 5.75 Å². The molecule has 0 unspecified atom stereocenters. The number of hydrogen-bond donors (Lipinski definition) is 3. The molecule has 3 N–H and O–H groups in total. The third-order valence-electron chi connectivity index (χ3n) is 6.01. The molecule has 0 spiro atoms. The molecule has 1 saturated heterocycles. The van der Waals surface area contributed by atoms with Crippen molar-refractivity contribution < 1.29 is 27.4 Å². The Morgan fingerprint density at radius 2 is 2.21 bits per heavy atom. The largest absolute Gasteiger partial charge is 0.487 e. The van der Waals surface area contributed by atoms with Crippen LogP contribution in [0.15, 0.2) is 24.5 Å². The molecular weight excluding hydrogens is 453 g/mol. The molecule has 12 heteroatoms. The number of H-pyrrole nitrogens is 1. The maximum absolute atomic E-state index is 13.9. The van der Waals surface area contributed by atoms with Crippen LogP contribution in [-0.2, 0) is 10.9 Å². The highest BCUT2D eigenvalue weighted by Crippen LogP contribution is 2.44. The fourth-order valence-corrected chi connectivity index (χ4v) is 4.40. The lowest BCUT2D eigenvalue weighted by atomic mass is 10.0. The van der Waals surface area contributed by atoms with E-state index in [0.29, 0.717) is 35.4 Å². The van der Waals surface area contributed by atoms with E-state index in [2.05, 4.69) is 25.6 Å². The fourth-order valence-electron chi connectivity index (χ4n) is 4.40. The van der Waals surface area contributed by atoms with Crippen LogP contribution in [0.5, 0.6) is 5.75 Å². The SMILES string of the molecule is COC(=O)N1CCOc2c1ccc1c(-c3nc(N[C@H]4CCCNC4)ncc3C(F)(F)F)c[nH]c21. The number of rotatable bonds is 3. The summed E-state index contributed by atoms with van der Waals surface area (Å²) in [7, 11) is 1.28. The minimum absolute atomic E-state index is 0.0334. The molecule has 0 saturated carbocycles. The summed E-state index contributed by atoms with van der Waals surface area (Å²) in [4.78, 5) is 24.8. The van der Waals surface area contributed by atoms with Gasteiger partial charge in [0.2, 0.25) is 5.95 Å². The van der Waals surface area contributed by atoms with Crippen molar-refractivity contribution >= 4 is 28.6 Å². The van der Waals surface area contributed by atoms with Gasteiger partial charge in [0, 0.05) is 35.9 Å². The maximum atomic E-state index is 13.9. The number of carbonyl (C=O) groups excluding carboxylic acids is 1. The van der Waals surface area contributed by atoms with Gasteiger partial charge in [-0.25, -0.2) is 14.8 Å². The predicted molar refractivity (Wildman–Crippen MR) is 119 cm³/mol. The van der Waals surface area contributed by atoms with Crippen LogP contribution in [0.25, 0.3) is 22.2 Å². The highest BCUT2D eigenvalue weighted by atomic mass is 19.4. The van der Waals surface area contributed by atoms with E-state index in [1.54, 1.807) is 12.1 Å². The van der Waals surface area contributed by atoms with Gasteiger partial charge >= 0.3 is 12.3 Å². The molecule has 1 atom stereocenters. The number of halogens is 3. The van der Waals surface area contributed by atoms with E-state index < -0.39 is 17.8 Å². The molecular formula is C22H23F3N6O3. The lowest BCUT2D eigenvalue weighted by molar-refractivity contribution is -0.137. The number of alkyl halides is 3. The molecule has 2 aromatic heterocycles. The Morgan fingerprint density at radius 1 is 1.35 bits per heavy atom. The second-order valence-electron chi connectivity index (χ2n) is 8.15. The van der Waals surface area contributed by atoms with Crippen LogP contribution in [-0.4, -0.2) is 60.4 Å². The van der Waals surface area contributed by atoms with E-state index >= 15 is 0 Å². The number of anilines is 2. The van der Waals surface area contributed by atoms with Crippen LogP contribution in [0.1, 0.15) is 18.4 Å². The van der Waals surface area contributed by atoms with Crippen molar-refractivity contribution in [1.29, 1.82) is 0 Å². The Balaban J connectivity index is 1.59. The summed E-state index contributed by atoms with van der Waals surface area (Å²) < 4.78 is 52.2. The summed E-state index contributed by atoms with van der Waals surface area (Å²) in [6, 6.07) is 3.31. The maximum Gasteiger partial charge on any atom is 0.419 e. The monoisotopic (exact) mass is 476 g/mol. The van der Waals surface area contributed by atoms with Gasteiger partial charge in [-0.2, -0.15) is 13.2 Å². The van der Waals surface area contributed by atoms with Gasteiger partial charge in [0.1, 0.15) is 12.2 Å². The molecule has 3 aromatic rings. The summed E-state index contributed by atoms with van der Waals surface area (Å²) in [5.74, 6) is 0.506. The molecule has 0 aliphatic carbocycles. The highest BCUT2D eigenvalue weighted by Gasteiger charge is 2.37. The first-order valence-corrected chi connectivity index (χ1v) is 10.9. The number of nitrogens with one attached hydrogen (secondary N) is 3. The zero-order valence-corrected chi connectivity index (χ0v) is 18.3. The normalized spacial score (nSPS) is 18.4. The minimum atomic E-state index is -4.64. The third-order valence-corrected chi connectivity index (χ3v) is 6.01. The summed E-state index contributed by atoms with van der Waals surface area (Å²) >= 11 is 0. The van der Waals surface area contributed by atoms with Crippen LogP contribution in [0.3, 0.4) is 0 Å².